The van der Waals surface area contributed by atoms with Gasteiger partial charge in [-0.3, -0.25) is 0 Å². The Morgan fingerprint density at radius 3 is 2.71 bits per heavy atom. The summed E-state index contributed by atoms with van der Waals surface area (Å²) in [4.78, 5) is 4.06. The van der Waals surface area contributed by atoms with Gasteiger partial charge in [0.25, 0.3) is 0 Å². The van der Waals surface area contributed by atoms with Crippen LogP contribution in [0, 0.1) is 17.1 Å². The van der Waals surface area contributed by atoms with Crippen molar-refractivity contribution in [1.82, 2.24) is 4.98 Å². The highest BCUT2D eigenvalue weighted by molar-refractivity contribution is 6.31. The Morgan fingerprint density at radius 2 is 2.04 bits per heavy atom. The van der Waals surface area contributed by atoms with Crippen molar-refractivity contribution in [3.63, 3.8) is 0 Å². The van der Waals surface area contributed by atoms with Crippen molar-refractivity contribution < 1.29 is 4.39 Å². The monoisotopic (exact) mass is 344 g/mol. The Kier molecular flexibility index (Phi) is 4.98. The molecule has 0 spiro atoms. The van der Waals surface area contributed by atoms with Gasteiger partial charge in [-0.1, -0.05) is 41.9 Å². The third-order valence-electron chi connectivity index (χ3n) is 4.32. The number of anilines is 1. The van der Waals surface area contributed by atoms with E-state index in [0.717, 1.165) is 25.7 Å². The summed E-state index contributed by atoms with van der Waals surface area (Å²) in [5.74, 6) is -0.474. The summed E-state index contributed by atoms with van der Waals surface area (Å²) in [6.07, 6.45) is 3.65. The average molecular weight is 345 g/mol. The second kappa shape index (κ2) is 7.16. The molecule has 1 fully saturated rings. The average Bonchev–Trinajstić information content (AvgIpc) is 2.58. The third-order valence-corrected chi connectivity index (χ3v) is 4.60. The molecule has 3 rings (SSSR count). The Morgan fingerprint density at radius 1 is 1.29 bits per heavy atom. The maximum Gasteiger partial charge on any atom is 0.174 e. The molecule has 0 saturated heterocycles. The minimum atomic E-state index is -0.554. The number of nitrogens with zero attached hydrogens (tertiary/aromatic N) is 2. The molecule has 0 radical (unpaired) electrons. The summed E-state index contributed by atoms with van der Waals surface area (Å²) in [5, 5.41) is 12.5. The number of nitriles is 1. The molecule has 4 nitrogen and oxygen atoms in total. The summed E-state index contributed by atoms with van der Waals surface area (Å²) in [5.41, 5.74) is 6.82. The molecule has 0 aliphatic heterocycles. The van der Waals surface area contributed by atoms with E-state index in [2.05, 4.69) is 10.3 Å². The van der Waals surface area contributed by atoms with E-state index in [1.54, 1.807) is 24.3 Å². The minimum absolute atomic E-state index is 0.000334. The van der Waals surface area contributed by atoms with Gasteiger partial charge in [0.15, 0.2) is 11.6 Å². The van der Waals surface area contributed by atoms with E-state index in [0.29, 0.717) is 5.56 Å². The Hall–Kier alpha value is -2.16. The summed E-state index contributed by atoms with van der Waals surface area (Å²) >= 11 is 6.14. The fourth-order valence-electron chi connectivity index (χ4n) is 3.16. The lowest BCUT2D eigenvalue weighted by Gasteiger charge is -2.28. The van der Waals surface area contributed by atoms with Crippen molar-refractivity contribution in [2.45, 2.75) is 37.8 Å². The topological polar surface area (TPSA) is 74.7 Å². The second-order valence-electron chi connectivity index (χ2n) is 6.06. The van der Waals surface area contributed by atoms with Crippen LogP contribution in [0.2, 0.25) is 5.15 Å². The molecule has 1 saturated carbocycles. The SMILES string of the molecule is N#Cc1c(Cl)nc(N[C@@H]2CCC[C@H](N)C2)c(F)c1-c1ccccc1. The van der Waals surface area contributed by atoms with Crippen molar-refractivity contribution >= 4 is 17.4 Å². The van der Waals surface area contributed by atoms with Gasteiger partial charge in [-0.25, -0.2) is 9.37 Å². The maximum atomic E-state index is 15.1. The number of aromatic nitrogens is 1. The zero-order chi connectivity index (χ0) is 17.1. The van der Waals surface area contributed by atoms with Crippen LogP contribution >= 0.6 is 11.6 Å². The van der Waals surface area contributed by atoms with Crippen molar-refractivity contribution in [2.75, 3.05) is 5.32 Å². The number of benzene rings is 1. The van der Waals surface area contributed by atoms with E-state index in [9.17, 15) is 5.26 Å². The van der Waals surface area contributed by atoms with Gasteiger partial charge >= 0.3 is 0 Å². The zero-order valence-corrected chi connectivity index (χ0v) is 13.9. The molecule has 0 amide bonds. The van der Waals surface area contributed by atoms with Crippen LogP contribution in [0.25, 0.3) is 11.1 Å². The van der Waals surface area contributed by atoms with Gasteiger partial charge in [-0.05, 0) is 31.2 Å². The van der Waals surface area contributed by atoms with Crippen molar-refractivity contribution in [2.24, 2.45) is 5.73 Å². The summed E-state index contributed by atoms with van der Waals surface area (Å²) in [6.45, 7) is 0. The van der Waals surface area contributed by atoms with E-state index in [-0.39, 0.29) is 34.2 Å². The van der Waals surface area contributed by atoms with Gasteiger partial charge in [-0.15, -0.1) is 0 Å². The number of rotatable bonds is 3. The Bertz CT molecular complexity index is 773. The first-order chi connectivity index (χ1) is 11.6. The molecule has 1 aromatic carbocycles. The predicted molar refractivity (Wildman–Crippen MR) is 93.2 cm³/mol. The third kappa shape index (κ3) is 3.35. The van der Waals surface area contributed by atoms with E-state index >= 15 is 4.39 Å². The standard InChI is InChI=1S/C18H18ClFN4/c19-17-14(10-21)15(11-5-2-1-3-6-11)16(20)18(24-17)23-13-8-4-7-12(22)9-13/h1-3,5-6,12-13H,4,7-9,22H2,(H,23,24)/t12-,13+/m0/s1. The molecule has 124 valence electrons. The Balaban J connectivity index is 2.02. The van der Waals surface area contributed by atoms with Crippen molar-refractivity contribution in [1.29, 1.82) is 5.26 Å². The molecule has 1 aliphatic carbocycles. The van der Waals surface area contributed by atoms with Crippen molar-refractivity contribution in [3.8, 4) is 17.2 Å². The number of nitrogens with two attached hydrogens (primary N) is 1. The summed E-state index contributed by atoms with van der Waals surface area (Å²) in [7, 11) is 0. The molecule has 2 aromatic rings. The fraction of sp³-hybridized carbons (Fsp3) is 0.333. The van der Waals surface area contributed by atoms with Crippen molar-refractivity contribution in [3.05, 3.63) is 46.9 Å². The number of pyridine rings is 1. The molecular formula is C18H18ClFN4. The molecule has 6 heteroatoms. The number of hydrogen-bond donors (Lipinski definition) is 2. The lowest BCUT2D eigenvalue weighted by Crippen LogP contribution is -2.35. The zero-order valence-electron chi connectivity index (χ0n) is 13.1. The lowest BCUT2D eigenvalue weighted by atomic mass is 9.91. The van der Waals surface area contributed by atoms with Crippen LogP contribution in [-0.4, -0.2) is 17.1 Å². The summed E-state index contributed by atoms with van der Waals surface area (Å²) < 4.78 is 15.1. The molecular weight excluding hydrogens is 327 g/mol. The fourth-order valence-corrected chi connectivity index (χ4v) is 3.38. The molecule has 0 bridgehead atoms. The molecule has 1 aliphatic rings. The van der Waals surface area contributed by atoms with E-state index < -0.39 is 5.82 Å². The van der Waals surface area contributed by atoms with Gasteiger partial charge in [0.1, 0.15) is 16.8 Å². The predicted octanol–water partition coefficient (Wildman–Crippen LogP) is 4.09. The van der Waals surface area contributed by atoms with Gasteiger partial charge in [0, 0.05) is 17.6 Å². The molecule has 2 atom stereocenters. The van der Waals surface area contributed by atoms with E-state index in [1.165, 1.54) is 0 Å². The van der Waals surface area contributed by atoms with Crippen LogP contribution in [-0.2, 0) is 0 Å². The van der Waals surface area contributed by atoms with Crippen LogP contribution in [0.4, 0.5) is 10.2 Å². The van der Waals surface area contributed by atoms with E-state index in [4.69, 9.17) is 17.3 Å². The highest BCUT2D eigenvalue weighted by Gasteiger charge is 2.24. The first-order valence-corrected chi connectivity index (χ1v) is 8.34. The highest BCUT2D eigenvalue weighted by atomic mass is 35.5. The maximum absolute atomic E-state index is 15.1. The van der Waals surface area contributed by atoms with Crippen LogP contribution in [0.15, 0.2) is 30.3 Å². The number of nitrogens with one attached hydrogen (secondary N) is 1. The molecule has 3 N–H and O–H groups in total. The normalized spacial score (nSPS) is 20.4. The molecule has 1 aromatic heterocycles. The smallest absolute Gasteiger partial charge is 0.174 e. The van der Waals surface area contributed by atoms with Crippen LogP contribution in [0.1, 0.15) is 31.2 Å². The van der Waals surface area contributed by atoms with Gasteiger partial charge in [-0.2, -0.15) is 5.26 Å². The lowest BCUT2D eigenvalue weighted by molar-refractivity contribution is 0.407. The first-order valence-electron chi connectivity index (χ1n) is 7.96. The number of hydrogen-bond acceptors (Lipinski definition) is 4. The molecule has 24 heavy (non-hydrogen) atoms. The van der Waals surface area contributed by atoms with Gasteiger partial charge in [0.2, 0.25) is 0 Å². The highest BCUT2D eigenvalue weighted by Crippen LogP contribution is 2.34. The van der Waals surface area contributed by atoms with Gasteiger partial charge in [0.05, 0.1) is 0 Å². The first kappa shape index (κ1) is 16.7. The molecule has 1 heterocycles. The largest absolute Gasteiger partial charge is 0.365 e. The van der Waals surface area contributed by atoms with Crippen LogP contribution < -0.4 is 11.1 Å². The van der Waals surface area contributed by atoms with Gasteiger partial charge < -0.3 is 11.1 Å². The van der Waals surface area contributed by atoms with Crippen LogP contribution in [0.5, 0.6) is 0 Å². The Labute approximate surface area is 145 Å². The quantitative estimate of drug-likeness (QED) is 0.822. The molecule has 0 unspecified atom stereocenters. The van der Waals surface area contributed by atoms with E-state index in [1.807, 2.05) is 12.1 Å². The summed E-state index contributed by atoms with van der Waals surface area (Å²) in [6, 6.07) is 11.0. The van der Waals surface area contributed by atoms with Crippen LogP contribution in [0.3, 0.4) is 0 Å². The second-order valence-corrected chi connectivity index (χ2v) is 6.42. The minimum Gasteiger partial charge on any atom is -0.365 e. The number of halogens is 2.